The van der Waals surface area contributed by atoms with Crippen molar-refractivity contribution in [3.63, 3.8) is 0 Å². The van der Waals surface area contributed by atoms with E-state index in [1.807, 2.05) is 0 Å². The molecule has 0 aliphatic carbocycles. The van der Waals surface area contributed by atoms with E-state index in [9.17, 15) is 0 Å². The molecule has 0 unspecified atom stereocenters. The van der Waals surface area contributed by atoms with Crippen molar-refractivity contribution in [2.75, 3.05) is 12.3 Å². The standard InChI is InChI=1S/2C30H40P.8BrH.2Mn/c2*1-2-3-4-5-6-7-8-9-10-20-27-31(28-21-14-11-15-22-28,29-23-16-12-17-24-29)30-25-18-13-19-26-30;;;;;;;;;;/h2*11-19,21-26H,2-10,20,27H2,1H3;8*1H;;/q2*+1;;;;;;;;;2*+3/p-8. The SMILES string of the molecule is CCCCCCCCCCCC[P+](c1ccccc1)(c1ccccc1)c1ccccc1.CCCCCCCCCCCC[P+](c1ccccc1)(c1ccccc1)c1ccccc1.[Br][Mn-]([Br])([Br])[Br].[Br][Mn-]([Br])([Br])[Br]. The number of benzene rings is 6. The topological polar surface area (TPSA) is 0 Å². The molecule has 0 spiro atoms. The second-order valence-electron chi connectivity index (χ2n) is 18.1. The Hall–Kier alpha value is 1.06. The van der Waals surface area contributed by atoms with Gasteiger partial charge in [-0.3, -0.25) is 0 Å². The molecule has 72 heavy (non-hydrogen) atoms. The van der Waals surface area contributed by atoms with E-state index in [0.717, 1.165) is 0 Å². The van der Waals surface area contributed by atoms with Gasteiger partial charge in [-0.25, -0.2) is 0 Å². The Bertz CT molecular complexity index is 1820. The number of rotatable bonds is 28. The van der Waals surface area contributed by atoms with Crippen molar-refractivity contribution in [1.29, 1.82) is 0 Å². The summed E-state index contributed by atoms with van der Waals surface area (Å²) in [4.78, 5) is 0. The summed E-state index contributed by atoms with van der Waals surface area (Å²) in [6.45, 7) is 4.59. The van der Waals surface area contributed by atoms with Gasteiger partial charge in [0.2, 0.25) is 0 Å². The second kappa shape index (κ2) is 40.3. The van der Waals surface area contributed by atoms with Crippen LogP contribution in [0.25, 0.3) is 0 Å². The minimum absolute atomic E-state index is 1.27. The van der Waals surface area contributed by atoms with Crippen LogP contribution in [0.2, 0.25) is 0 Å². The van der Waals surface area contributed by atoms with Gasteiger partial charge >= 0.3 is 124 Å². The molecule has 0 atom stereocenters. The molecular formula is C60H80Br8Mn2P2. The first-order valence-corrected chi connectivity index (χ1v) is 53.3. The molecule has 0 saturated heterocycles. The molecule has 0 N–H and O–H groups in total. The quantitative estimate of drug-likeness (QED) is 0.0261. The summed E-state index contributed by atoms with van der Waals surface area (Å²) in [6.07, 6.45) is 30.3. The van der Waals surface area contributed by atoms with E-state index in [0.29, 0.717) is 0 Å². The van der Waals surface area contributed by atoms with E-state index in [1.165, 1.54) is 173 Å². The van der Waals surface area contributed by atoms with E-state index < -0.39 is 25.8 Å². The Morgan fingerprint density at radius 2 is 0.375 bits per heavy atom. The average Bonchev–Trinajstić information content (AvgIpc) is 3.38. The molecule has 6 aromatic rings. The van der Waals surface area contributed by atoms with Gasteiger partial charge in [-0.1, -0.05) is 226 Å². The zero-order chi connectivity index (χ0) is 52.2. The zero-order valence-corrected chi connectivity index (χ0v) is 59.4. The van der Waals surface area contributed by atoms with E-state index in [2.05, 4.69) is 309 Å². The molecule has 12 heteroatoms. The maximum absolute atomic E-state index is 3.27. The molecule has 0 bridgehead atoms. The molecular weight excluding hydrogens is 1530 g/mol. The average molecular weight is 1610 g/mol. The van der Waals surface area contributed by atoms with Crippen molar-refractivity contribution in [3.8, 4) is 0 Å². The van der Waals surface area contributed by atoms with Crippen LogP contribution in [0.5, 0.6) is 0 Å². The zero-order valence-electron chi connectivity index (χ0n) is 42.6. The molecule has 400 valence electrons. The Kier molecular flexibility index (Phi) is 37.7. The molecule has 0 radical (unpaired) electrons. The third-order valence-electron chi connectivity index (χ3n) is 12.9. The molecule has 0 amide bonds. The van der Waals surface area contributed by atoms with Gasteiger partial charge in [0.1, 0.15) is 46.4 Å². The molecule has 6 rings (SSSR count). The number of halogens is 8. The normalized spacial score (nSPS) is 12.0. The Labute approximate surface area is 500 Å². The third-order valence-corrected chi connectivity index (χ3v) is 21.9. The summed E-state index contributed by atoms with van der Waals surface area (Å²) in [5.74, 6) is 0. The predicted molar refractivity (Wildman–Crippen MR) is 355 cm³/mol. The van der Waals surface area contributed by atoms with Crippen LogP contribution in [0.15, 0.2) is 182 Å². The number of hydrogen-bond donors (Lipinski definition) is 0. The first kappa shape index (κ1) is 67.3. The molecule has 0 aliphatic heterocycles. The van der Waals surface area contributed by atoms with Crippen molar-refractivity contribution in [2.45, 2.75) is 142 Å². The maximum atomic E-state index is 3.27. The molecule has 0 fully saturated rings. The summed E-state index contributed by atoms with van der Waals surface area (Å²) < 4.78 is 0. The molecule has 6 aromatic carbocycles. The minimum atomic E-state index is -1.63. The molecule has 0 heterocycles. The van der Waals surface area contributed by atoms with Gasteiger partial charge in [0, 0.05) is 0 Å². The Morgan fingerprint density at radius 3 is 0.528 bits per heavy atom. The Morgan fingerprint density at radius 1 is 0.236 bits per heavy atom. The van der Waals surface area contributed by atoms with Crippen molar-refractivity contribution in [2.24, 2.45) is 0 Å². The third kappa shape index (κ3) is 28.3. The van der Waals surface area contributed by atoms with Gasteiger partial charge < -0.3 is 0 Å². The molecule has 0 nitrogen and oxygen atoms in total. The van der Waals surface area contributed by atoms with Crippen LogP contribution in [0, 0.1) is 0 Å². The predicted octanol–water partition coefficient (Wildman–Crippen LogP) is 22.6. The van der Waals surface area contributed by atoms with Crippen LogP contribution in [0.3, 0.4) is 0 Å². The van der Waals surface area contributed by atoms with E-state index >= 15 is 0 Å². The van der Waals surface area contributed by atoms with Gasteiger partial charge in [-0.15, -0.1) is 0 Å². The van der Waals surface area contributed by atoms with E-state index in [4.69, 9.17) is 0 Å². The molecule has 0 aromatic heterocycles. The van der Waals surface area contributed by atoms with Crippen LogP contribution in [0.1, 0.15) is 142 Å². The monoisotopic (exact) mass is 1600 g/mol. The summed E-state index contributed by atoms with van der Waals surface area (Å²) >= 11 is 26.1. The van der Waals surface area contributed by atoms with Gasteiger partial charge in [-0.2, -0.15) is 0 Å². The first-order chi connectivity index (χ1) is 34.8. The second-order valence-corrected chi connectivity index (χ2v) is 96.8. The fourth-order valence-electron chi connectivity index (χ4n) is 9.44. The van der Waals surface area contributed by atoms with Crippen LogP contribution in [0.4, 0.5) is 0 Å². The molecule has 0 aliphatic rings. The fraction of sp³-hybridized carbons (Fsp3) is 0.400. The van der Waals surface area contributed by atoms with E-state index in [-0.39, 0.29) is 0 Å². The van der Waals surface area contributed by atoms with Gasteiger partial charge in [0.05, 0.1) is 12.3 Å². The van der Waals surface area contributed by atoms with Crippen molar-refractivity contribution < 1.29 is 11.2 Å². The van der Waals surface area contributed by atoms with Crippen LogP contribution in [-0.4, -0.2) is 12.3 Å². The van der Waals surface area contributed by atoms with Crippen molar-refractivity contribution >= 4 is 159 Å². The van der Waals surface area contributed by atoms with Crippen LogP contribution < -0.4 is 31.8 Å². The fourth-order valence-corrected chi connectivity index (χ4v) is 18.3. The molecule has 0 saturated carbocycles. The van der Waals surface area contributed by atoms with E-state index in [1.54, 1.807) is 0 Å². The number of unbranched alkanes of at least 4 members (excludes halogenated alkanes) is 18. The summed E-state index contributed by atoms with van der Waals surface area (Å²) in [5, 5.41) is 9.10. The number of hydrogen-bond acceptors (Lipinski definition) is 0. The van der Waals surface area contributed by atoms with Crippen molar-refractivity contribution in [1.82, 2.24) is 0 Å². The van der Waals surface area contributed by atoms with Crippen molar-refractivity contribution in [3.05, 3.63) is 182 Å². The summed E-state index contributed by atoms with van der Waals surface area (Å²) in [6, 6.07) is 67.9. The Balaban J connectivity index is 0.000000320. The van der Waals surface area contributed by atoms with Gasteiger partial charge in [0.15, 0.2) is 0 Å². The van der Waals surface area contributed by atoms with Gasteiger partial charge in [-0.05, 0) is 98.5 Å². The van der Waals surface area contributed by atoms with Crippen LogP contribution in [-0.2, 0) is 11.2 Å². The first-order valence-electron chi connectivity index (χ1n) is 26.0. The van der Waals surface area contributed by atoms with Gasteiger partial charge in [0.25, 0.3) is 0 Å². The van der Waals surface area contributed by atoms with Crippen LogP contribution >= 0.6 is 127 Å². The summed E-state index contributed by atoms with van der Waals surface area (Å²) in [7, 11) is -3.25. The summed E-state index contributed by atoms with van der Waals surface area (Å²) in [5.41, 5.74) is -2.75.